The fourth-order valence-corrected chi connectivity index (χ4v) is 2.62. The molecule has 0 unspecified atom stereocenters. The summed E-state index contributed by atoms with van der Waals surface area (Å²) in [4.78, 5) is 12.4. The first-order valence-corrected chi connectivity index (χ1v) is 7.73. The maximum atomic E-state index is 12.4. The maximum absolute atomic E-state index is 12.4. The fourth-order valence-electron chi connectivity index (χ4n) is 2.62. The van der Waals surface area contributed by atoms with Crippen molar-refractivity contribution in [3.05, 3.63) is 41.5 Å². The van der Waals surface area contributed by atoms with Crippen molar-refractivity contribution in [2.75, 3.05) is 28.1 Å². The Morgan fingerprint density at radius 1 is 1.04 bits per heavy atom. The van der Waals surface area contributed by atoms with Crippen molar-refractivity contribution in [3.63, 3.8) is 0 Å². The quantitative estimate of drug-likeness (QED) is 0.628. The third-order valence-corrected chi connectivity index (χ3v) is 3.89. The highest BCUT2D eigenvalue weighted by Gasteiger charge is 2.26. The third kappa shape index (κ3) is 3.11. The third-order valence-electron chi connectivity index (χ3n) is 3.89. The molecule has 7 nitrogen and oxygen atoms in total. The van der Waals surface area contributed by atoms with Crippen LogP contribution in [0.1, 0.15) is 15.9 Å². The number of hydrogen-bond acceptors (Lipinski definition) is 7. The summed E-state index contributed by atoms with van der Waals surface area (Å²) in [6, 6.07) is 6.15. The molecule has 0 aromatic heterocycles. The lowest BCUT2D eigenvalue weighted by Crippen LogP contribution is -1.96. The van der Waals surface area contributed by atoms with Gasteiger partial charge in [0.2, 0.25) is 18.3 Å². The minimum Gasteiger partial charge on any atom is -0.504 e. The second-order valence-corrected chi connectivity index (χ2v) is 5.35. The molecule has 0 amide bonds. The first-order chi connectivity index (χ1) is 12.6. The predicted molar refractivity (Wildman–Crippen MR) is 93.7 cm³/mol. The number of ether oxygens (including phenoxy) is 5. The van der Waals surface area contributed by atoms with E-state index >= 15 is 0 Å². The minimum absolute atomic E-state index is 0.0687. The van der Waals surface area contributed by atoms with E-state index in [1.807, 2.05) is 0 Å². The van der Waals surface area contributed by atoms with Crippen LogP contribution in [0.2, 0.25) is 0 Å². The van der Waals surface area contributed by atoms with Crippen molar-refractivity contribution in [1.29, 1.82) is 0 Å². The molecule has 0 aliphatic carbocycles. The number of carbonyl (C=O) groups excluding carboxylic acids is 1. The van der Waals surface area contributed by atoms with Gasteiger partial charge in [0.25, 0.3) is 0 Å². The lowest BCUT2D eigenvalue weighted by atomic mass is 10.1. The Morgan fingerprint density at radius 2 is 1.77 bits per heavy atom. The van der Waals surface area contributed by atoms with Crippen LogP contribution < -0.4 is 23.7 Å². The van der Waals surface area contributed by atoms with Gasteiger partial charge in [0.05, 0.1) is 21.3 Å². The second-order valence-electron chi connectivity index (χ2n) is 5.35. The molecule has 0 bridgehead atoms. The maximum Gasteiger partial charge on any atom is 0.231 e. The number of ketones is 1. The SMILES string of the molecule is COc1ccc(C(=O)C=Cc2cc(OC)c3c(c2OC)OCO3)cc1O. The van der Waals surface area contributed by atoms with Crippen LogP contribution in [-0.4, -0.2) is 39.0 Å². The van der Waals surface area contributed by atoms with Crippen molar-refractivity contribution in [3.8, 4) is 34.5 Å². The Labute approximate surface area is 150 Å². The summed E-state index contributed by atoms with van der Waals surface area (Å²) in [6.07, 6.45) is 2.97. The van der Waals surface area contributed by atoms with Gasteiger partial charge in [-0.05, 0) is 36.4 Å². The largest absolute Gasteiger partial charge is 0.504 e. The van der Waals surface area contributed by atoms with Crippen LogP contribution in [0.4, 0.5) is 0 Å². The average Bonchev–Trinajstić information content (AvgIpc) is 3.14. The van der Waals surface area contributed by atoms with E-state index in [0.29, 0.717) is 39.9 Å². The van der Waals surface area contributed by atoms with E-state index in [1.165, 1.54) is 39.5 Å². The molecule has 2 aromatic carbocycles. The lowest BCUT2D eigenvalue weighted by Gasteiger charge is -2.11. The molecule has 0 fully saturated rings. The highest BCUT2D eigenvalue weighted by Crippen LogP contribution is 2.49. The molecule has 2 aromatic rings. The number of methoxy groups -OCH3 is 3. The number of phenolic OH excluding ortho intramolecular Hbond substituents is 1. The monoisotopic (exact) mass is 358 g/mol. The number of allylic oxidation sites excluding steroid dienone is 1. The van der Waals surface area contributed by atoms with Gasteiger partial charge >= 0.3 is 0 Å². The summed E-state index contributed by atoms with van der Waals surface area (Å²) in [6.45, 7) is 0.0687. The van der Waals surface area contributed by atoms with Gasteiger partial charge in [-0.3, -0.25) is 4.79 Å². The number of carbonyl (C=O) groups is 1. The summed E-state index contributed by atoms with van der Waals surface area (Å²) in [5.74, 6) is 1.73. The van der Waals surface area contributed by atoms with Gasteiger partial charge in [0, 0.05) is 11.1 Å². The molecule has 0 atom stereocenters. The van der Waals surface area contributed by atoms with Gasteiger partial charge in [-0.15, -0.1) is 0 Å². The number of rotatable bonds is 6. The number of aromatic hydroxyl groups is 1. The minimum atomic E-state index is -0.290. The van der Waals surface area contributed by atoms with E-state index in [1.54, 1.807) is 18.2 Å². The van der Waals surface area contributed by atoms with Crippen LogP contribution >= 0.6 is 0 Å². The molecule has 26 heavy (non-hydrogen) atoms. The summed E-state index contributed by atoms with van der Waals surface area (Å²) < 4.78 is 26.5. The van der Waals surface area contributed by atoms with Gasteiger partial charge in [-0.25, -0.2) is 0 Å². The van der Waals surface area contributed by atoms with Crippen LogP contribution in [0, 0.1) is 0 Å². The molecule has 1 aliphatic rings. The molecule has 0 radical (unpaired) electrons. The average molecular weight is 358 g/mol. The zero-order chi connectivity index (χ0) is 18.7. The van der Waals surface area contributed by atoms with E-state index < -0.39 is 0 Å². The lowest BCUT2D eigenvalue weighted by molar-refractivity contribution is 0.104. The molecule has 136 valence electrons. The number of phenols is 1. The first-order valence-electron chi connectivity index (χ1n) is 7.73. The summed E-state index contributed by atoms with van der Waals surface area (Å²) >= 11 is 0. The molecule has 1 heterocycles. The molecular weight excluding hydrogens is 340 g/mol. The van der Waals surface area contributed by atoms with Crippen LogP contribution in [0.3, 0.4) is 0 Å². The highest BCUT2D eigenvalue weighted by molar-refractivity contribution is 6.07. The first kappa shape index (κ1) is 17.5. The standard InChI is InChI=1S/C19H18O7/c1-22-15-7-5-11(8-14(15)21)13(20)6-4-12-9-16(23-2)18-19(17(12)24-3)26-10-25-18/h4-9,21H,10H2,1-3H3. The van der Waals surface area contributed by atoms with Gasteiger partial charge in [0.15, 0.2) is 28.8 Å². The van der Waals surface area contributed by atoms with Crippen LogP contribution in [0.5, 0.6) is 34.5 Å². The zero-order valence-corrected chi connectivity index (χ0v) is 14.6. The van der Waals surface area contributed by atoms with E-state index in [-0.39, 0.29) is 18.3 Å². The van der Waals surface area contributed by atoms with E-state index in [0.717, 1.165) is 0 Å². The van der Waals surface area contributed by atoms with E-state index in [9.17, 15) is 9.90 Å². The molecule has 3 rings (SSSR count). The van der Waals surface area contributed by atoms with Crippen LogP contribution in [0.25, 0.3) is 6.08 Å². The van der Waals surface area contributed by atoms with E-state index in [2.05, 4.69) is 0 Å². The van der Waals surface area contributed by atoms with Crippen molar-refractivity contribution >= 4 is 11.9 Å². The molecule has 1 aliphatic heterocycles. The summed E-state index contributed by atoms with van der Waals surface area (Å²) in [5, 5.41) is 9.81. The van der Waals surface area contributed by atoms with E-state index in [4.69, 9.17) is 23.7 Å². The Hall–Kier alpha value is -3.35. The van der Waals surface area contributed by atoms with Gasteiger partial charge in [0.1, 0.15) is 0 Å². The summed E-state index contributed by atoms with van der Waals surface area (Å²) in [5.41, 5.74) is 0.922. The Balaban J connectivity index is 1.93. The fraction of sp³-hybridized carbons (Fsp3) is 0.211. The molecule has 1 N–H and O–H groups in total. The molecule has 0 spiro atoms. The number of benzene rings is 2. The Kier molecular flexibility index (Phi) is 4.88. The second kappa shape index (κ2) is 7.26. The van der Waals surface area contributed by atoms with Crippen LogP contribution in [0.15, 0.2) is 30.3 Å². The molecular formula is C19H18O7. The van der Waals surface area contributed by atoms with Crippen LogP contribution in [-0.2, 0) is 0 Å². The van der Waals surface area contributed by atoms with Crippen molar-refractivity contribution in [2.24, 2.45) is 0 Å². The van der Waals surface area contributed by atoms with Crippen molar-refractivity contribution in [1.82, 2.24) is 0 Å². The highest BCUT2D eigenvalue weighted by atomic mass is 16.7. The van der Waals surface area contributed by atoms with Crippen molar-refractivity contribution in [2.45, 2.75) is 0 Å². The normalized spacial score (nSPS) is 12.3. The predicted octanol–water partition coefficient (Wildman–Crippen LogP) is 3.04. The topological polar surface area (TPSA) is 83.5 Å². The molecule has 7 heteroatoms. The van der Waals surface area contributed by atoms with Gasteiger partial charge < -0.3 is 28.8 Å². The smallest absolute Gasteiger partial charge is 0.231 e. The Bertz CT molecular complexity index is 871. The van der Waals surface area contributed by atoms with Gasteiger partial charge in [-0.1, -0.05) is 0 Å². The number of hydrogen-bond donors (Lipinski definition) is 1. The summed E-state index contributed by atoms with van der Waals surface area (Å²) in [7, 11) is 4.46. The van der Waals surface area contributed by atoms with Gasteiger partial charge in [-0.2, -0.15) is 0 Å². The zero-order valence-electron chi connectivity index (χ0n) is 14.6. The molecule has 0 saturated carbocycles. The Morgan fingerprint density at radius 3 is 2.42 bits per heavy atom. The molecule has 0 saturated heterocycles. The number of fused-ring (bicyclic) bond motifs is 1. The van der Waals surface area contributed by atoms with Crippen molar-refractivity contribution < 1.29 is 33.6 Å².